The maximum Gasteiger partial charge on any atom is 0.343 e. The van der Waals surface area contributed by atoms with Gasteiger partial charge in [0.15, 0.2) is 0 Å². The van der Waals surface area contributed by atoms with Crippen LogP contribution in [-0.2, 0) is 38.8 Å². The monoisotopic (exact) mass is 917 g/mol. The van der Waals surface area contributed by atoms with Crippen molar-refractivity contribution >= 4 is 29.8 Å². The summed E-state index contributed by atoms with van der Waals surface area (Å²) in [6, 6.07) is 19.9. The fourth-order valence-electron chi connectivity index (χ4n) is 5.92. The maximum atomic E-state index is 12.9. The SMILES string of the molecule is C.C=C(C)C(=O)OCCCCCCOc1ccc(C(=O)Oc2ccc(OC(=O)CCCCCCOC(C)=O)c(C(C)(C)C)c2)cc1.C=C(C)C(=O)OCCCCCCOc1ccc(C)cc1. The van der Waals surface area contributed by atoms with E-state index in [9.17, 15) is 24.0 Å². The number of hydrogen-bond donors (Lipinski definition) is 0. The molecule has 0 saturated carbocycles. The van der Waals surface area contributed by atoms with Crippen LogP contribution in [0.3, 0.4) is 0 Å². The molecule has 0 amide bonds. The van der Waals surface area contributed by atoms with Gasteiger partial charge in [-0.3, -0.25) is 9.59 Å². The van der Waals surface area contributed by atoms with Crippen LogP contribution in [0.25, 0.3) is 0 Å². The van der Waals surface area contributed by atoms with E-state index in [-0.39, 0.29) is 43.1 Å². The molecule has 3 aromatic carbocycles. The van der Waals surface area contributed by atoms with Crippen molar-refractivity contribution in [3.05, 3.63) is 108 Å². The fourth-order valence-corrected chi connectivity index (χ4v) is 5.92. The third-order valence-electron chi connectivity index (χ3n) is 9.66. The average Bonchev–Trinajstić information content (AvgIpc) is 3.26. The minimum Gasteiger partial charge on any atom is -0.494 e. The Kier molecular flexibility index (Phi) is 28.8. The standard InChI is InChI=1S/C36H48O9.C17H24O3.CH4/c1-26(2)34(39)43-24-14-10-9-13-23-42-29-18-16-28(17-19-29)35(40)44-30-20-21-32(31(25-30)36(4,5)6)45-33(38)15-11-7-8-12-22-41-27(3)37;1-14(2)17(18)20-13-7-5-4-6-12-19-16-10-8-15(3)9-11-16;/h16-21,25H,1,7-15,22-24H2,2-6H3;8-11H,1,4-7,12-13H2,2-3H3;1H4. The zero-order valence-corrected chi connectivity index (χ0v) is 39.9. The molecule has 0 aliphatic carbocycles. The number of unbranched alkanes of at least 4 members (excludes halogenated alkanes) is 9. The highest BCUT2D eigenvalue weighted by Crippen LogP contribution is 2.35. The van der Waals surface area contributed by atoms with Gasteiger partial charge in [-0.15, -0.1) is 0 Å². The number of benzene rings is 3. The summed E-state index contributed by atoms with van der Waals surface area (Å²) < 4.78 is 37.8. The van der Waals surface area contributed by atoms with Crippen molar-refractivity contribution in [3.8, 4) is 23.0 Å². The van der Waals surface area contributed by atoms with Crippen molar-refractivity contribution in [2.45, 2.75) is 145 Å². The van der Waals surface area contributed by atoms with Crippen LogP contribution in [0.2, 0.25) is 0 Å². The summed E-state index contributed by atoms with van der Waals surface area (Å²) in [6.45, 7) is 22.3. The number of ether oxygens (including phenoxy) is 7. The van der Waals surface area contributed by atoms with E-state index in [0.717, 1.165) is 88.5 Å². The van der Waals surface area contributed by atoms with E-state index < -0.39 is 5.97 Å². The number of carbonyl (C=O) groups is 5. The third-order valence-corrected chi connectivity index (χ3v) is 9.66. The van der Waals surface area contributed by atoms with E-state index in [2.05, 4.69) is 20.1 Å². The number of hydrogen-bond acceptors (Lipinski definition) is 12. The normalized spacial score (nSPS) is 10.5. The van der Waals surface area contributed by atoms with Crippen LogP contribution in [-0.4, -0.2) is 62.9 Å². The molecule has 0 atom stereocenters. The Labute approximate surface area is 394 Å². The first-order valence-electron chi connectivity index (χ1n) is 22.7. The maximum absolute atomic E-state index is 12.9. The Morgan fingerprint density at radius 3 is 1.39 bits per heavy atom. The first-order chi connectivity index (χ1) is 31.0. The van der Waals surface area contributed by atoms with Gasteiger partial charge in [-0.05, 0) is 145 Å². The molecular formula is C54H76O12. The molecular weight excluding hydrogens is 841 g/mol. The summed E-state index contributed by atoms with van der Waals surface area (Å²) in [5.41, 5.74) is 2.86. The highest BCUT2D eigenvalue weighted by molar-refractivity contribution is 5.91. The Bertz CT molecular complexity index is 1940. The van der Waals surface area contributed by atoms with Crippen molar-refractivity contribution in [1.82, 2.24) is 0 Å². The van der Waals surface area contributed by atoms with Gasteiger partial charge in [-0.25, -0.2) is 14.4 Å². The van der Waals surface area contributed by atoms with E-state index in [1.54, 1.807) is 56.3 Å². The van der Waals surface area contributed by atoms with E-state index in [1.807, 2.05) is 45.0 Å². The largest absolute Gasteiger partial charge is 0.494 e. The second-order valence-electron chi connectivity index (χ2n) is 17.0. The van der Waals surface area contributed by atoms with Crippen molar-refractivity contribution < 1.29 is 57.1 Å². The lowest BCUT2D eigenvalue weighted by Crippen LogP contribution is -2.17. The molecule has 66 heavy (non-hydrogen) atoms. The van der Waals surface area contributed by atoms with Crippen LogP contribution in [0.4, 0.5) is 0 Å². The Balaban J connectivity index is 0.000000866. The van der Waals surface area contributed by atoms with Gasteiger partial charge in [-0.2, -0.15) is 0 Å². The minimum atomic E-state index is -0.507. The zero-order valence-electron chi connectivity index (χ0n) is 39.9. The van der Waals surface area contributed by atoms with Crippen molar-refractivity contribution in [2.75, 3.05) is 33.0 Å². The van der Waals surface area contributed by atoms with Crippen LogP contribution in [0.5, 0.6) is 23.0 Å². The molecule has 0 aromatic heterocycles. The molecule has 0 fully saturated rings. The molecule has 0 radical (unpaired) electrons. The lowest BCUT2D eigenvalue weighted by Gasteiger charge is -2.23. The molecule has 0 aliphatic heterocycles. The second kappa shape index (κ2) is 32.7. The summed E-state index contributed by atoms with van der Waals surface area (Å²) in [6.07, 6.45) is 11.0. The summed E-state index contributed by atoms with van der Waals surface area (Å²) in [4.78, 5) is 58.6. The lowest BCUT2D eigenvalue weighted by atomic mass is 9.86. The molecule has 0 bridgehead atoms. The van der Waals surface area contributed by atoms with Crippen molar-refractivity contribution in [2.24, 2.45) is 0 Å². The molecule has 0 saturated heterocycles. The summed E-state index contributed by atoms with van der Waals surface area (Å²) >= 11 is 0. The number of esters is 5. The van der Waals surface area contributed by atoms with Crippen molar-refractivity contribution in [3.63, 3.8) is 0 Å². The van der Waals surface area contributed by atoms with Crippen LogP contribution >= 0.6 is 0 Å². The van der Waals surface area contributed by atoms with E-state index >= 15 is 0 Å². The molecule has 0 heterocycles. The highest BCUT2D eigenvalue weighted by atomic mass is 16.6. The van der Waals surface area contributed by atoms with Gasteiger partial charge in [0.1, 0.15) is 23.0 Å². The molecule has 0 spiro atoms. The summed E-state index contributed by atoms with van der Waals surface area (Å²) in [5, 5.41) is 0. The number of rotatable bonds is 28. The fraction of sp³-hybridized carbons (Fsp3) is 0.500. The minimum absolute atomic E-state index is 0. The number of carbonyl (C=O) groups excluding carboxylic acids is 5. The van der Waals surface area contributed by atoms with Crippen LogP contribution in [0, 0.1) is 6.92 Å². The summed E-state index contributed by atoms with van der Waals surface area (Å²) in [5.74, 6) is 0.601. The quantitative estimate of drug-likeness (QED) is 0.0224. The highest BCUT2D eigenvalue weighted by Gasteiger charge is 2.23. The molecule has 12 heteroatoms. The van der Waals surface area contributed by atoms with Crippen LogP contribution in [0.1, 0.15) is 154 Å². The van der Waals surface area contributed by atoms with E-state index in [1.165, 1.54) is 12.5 Å². The van der Waals surface area contributed by atoms with Gasteiger partial charge in [0.05, 0.1) is 38.6 Å². The van der Waals surface area contributed by atoms with Gasteiger partial charge >= 0.3 is 29.8 Å². The smallest absolute Gasteiger partial charge is 0.343 e. The van der Waals surface area contributed by atoms with Gasteiger partial charge in [0.2, 0.25) is 0 Å². The average molecular weight is 917 g/mol. The first kappa shape index (κ1) is 58.1. The third kappa shape index (κ3) is 26.1. The Morgan fingerprint density at radius 1 is 0.515 bits per heavy atom. The molecule has 0 N–H and O–H groups in total. The Hall–Kier alpha value is -5.91. The van der Waals surface area contributed by atoms with E-state index in [0.29, 0.717) is 66.8 Å². The molecule has 3 rings (SSSR count). The molecule has 364 valence electrons. The first-order valence-corrected chi connectivity index (χ1v) is 22.7. The second-order valence-corrected chi connectivity index (χ2v) is 17.0. The summed E-state index contributed by atoms with van der Waals surface area (Å²) in [7, 11) is 0. The van der Waals surface area contributed by atoms with Crippen LogP contribution in [0.15, 0.2) is 91.0 Å². The van der Waals surface area contributed by atoms with Crippen LogP contribution < -0.4 is 18.9 Å². The Morgan fingerprint density at radius 2 is 0.939 bits per heavy atom. The molecule has 0 aliphatic rings. The molecule has 12 nitrogen and oxygen atoms in total. The number of aryl methyl sites for hydroxylation is 1. The lowest BCUT2D eigenvalue weighted by molar-refractivity contribution is -0.141. The predicted octanol–water partition coefficient (Wildman–Crippen LogP) is 12.4. The predicted molar refractivity (Wildman–Crippen MR) is 259 cm³/mol. The van der Waals surface area contributed by atoms with E-state index in [4.69, 9.17) is 33.2 Å². The van der Waals surface area contributed by atoms with Gasteiger partial charge in [-0.1, -0.05) is 71.9 Å². The molecule has 3 aromatic rings. The van der Waals surface area contributed by atoms with Gasteiger partial charge < -0.3 is 33.2 Å². The zero-order chi connectivity index (χ0) is 48.0. The molecule has 0 unspecified atom stereocenters. The van der Waals surface area contributed by atoms with Gasteiger partial charge in [0.25, 0.3) is 0 Å². The van der Waals surface area contributed by atoms with Gasteiger partial charge in [0, 0.05) is 30.1 Å². The topological polar surface area (TPSA) is 150 Å². The van der Waals surface area contributed by atoms with Crippen molar-refractivity contribution in [1.29, 1.82) is 0 Å².